The van der Waals surface area contributed by atoms with Gasteiger partial charge in [0.25, 0.3) is 0 Å². The summed E-state index contributed by atoms with van der Waals surface area (Å²) in [5, 5.41) is 24.7. The number of alkyl halides is 1. The summed E-state index contributed by atoms with van der Waals surface area (Å²) in [6.07, 6.45) is 3.31. The molecule has 4 aromatic rings. The third-order valence-corrected chi connectivity index (χ3v) is 6.61. The van der Waals surface area contributed by atoms with Crippen LogP contribution in [0.2, 0.25) is 0 Å². The van der Waals surface area contributed by atoms with Crippen molar-refractivity contribution in [3.05, 3.63) is 65.7 Å². The van der Waals surface area contributed by atoms with E-state index < -0.39 is 30.1 Å². The molecule has 38 heavy (non-hydrogen) atoms. The summed E-state index contributed by atoms with van der Waals surface area (Å²) < 4.78 is 42.1. The summed E-state index contributed by atoms with van der Waals surface area (Å²) in [5.41, 5.74) is 1.12. The lowest BCUT2D eigenvalue weighted by atomic mass is 9.98. The van der Waals surface area contributed by atoms with E-state index in [1.807, 2.05) is 9.80 Å². The van der Waals surface area contributed by atoms with Gasteiger partial charge in [0.15, 0.2) is 12.6 Å². The molecule has 4 heterocycles. The predicted octanol–water partition coefficient (Wildman–Crippen LogP) is 3.22. The average Bonchev–Trinajstić information content (AvgIpc) is 3.38. The number of rotatable bonds is 7. The van der Waals surface area contributed by atoms with Crippen molar-refractivity contribution in [2.45, 2.75) is 38.9 Å². The van der Waals surface area contributed by atoms with E-state index in [0.717, 1.165) is 16.8 Å². The Hall–Kier alpha value is -3.61. The molecule has 1 atom stereocenters. The van der Waals surface area contributed by atoms with Crippen LogP contribution in [0, 0.1) is 11.6 Å². The number of hydrogen-bond donors (Lipinski definition) is 2. The summed E-state index contributed by atoms with van der Waals surface area (Å²) in [4.78, 5) is 17.9. The Morgan fingerprint density at radius 3 is 2.47 bits per heavy atom. The SMILES string of the molecule is CC(C)(O)[C@H](O)c1cc2nc(-c3cnn(CF)c3)c(N3CCN(Cc4cc(F)ccc4F)CC3)nc2cn1. The van der Waals surface area contributed by atoms with Crippen molar-refractivity contribution in [3.8, 4) is 11.3 Å². The van der Waals surface area contributed by atoms with Gasteiger partial charge in [-0.2, -0.15) is 5.10 Å². The van der Waals surface area contributed by atoms with E-state index in [1.165, 1.54) is 38.5 Å². The Kier molecular flexibility index (Phi) is 7.03. The van der Waals surface area contributed by atoms with Crippen LogP contribution in [0.25, 0.3) is 22.3 Å². The number of nitrogens with zero attached hydrogens (tertiary/aromatic N) is 7. The topological polar surface area (TPSA) is 103 Å². The molecule has 0 spiro atoms. The van der Waals surface area contributed by atoms with E-state index in [0.29, 0.717) is 59.9 Å². The molecule has 1 aliphatic heterocycles. The fourth-order valence-corrected chi connectivity index (χ4v) is 4.47. The molecule has 1 fully saturated rings. The van der Waals surface area contributed by atoms with Crippen LogP contribution < -0.4 is 4.90 Å². The highest BCUT2D eigenvalue weighted by molar-refractivity contribution is 5.83. The second-order valence-corrected chi connectivity index (χ2v) is 9.94. The molecule has 0 unspecified atom stereocenters. The minimum absolute atomic E-state index is 0.246. The molecule has 5 rings (SSSR count). The zero-order valence-electron chi connectivity index (χ0n) is 21.0. The van der Waals surface area contributed by atoms with Gasteiger partial charge in [-0.15, -0.1) is 0 Å². The van der Waals surface area contributed by atoms with E-state index in [-0.39, 0.29) is 12.2 Å². The van der Waals surface area contributed by atoms with Crippen molar-refractivity contribution in [1.82, 2.24) is 29.6 Å². The summed E-state index contributed by atoms with van der Waals surface area (Å²) in [6, 6.07) is 5.02. The van der Waals surface area contributed by atoms with Crippen LogP contribution in [0.3, 0.4) is 0 Å². The number of benzene rings is 1. The average molecular weight is 528 g/mol. The van der Waals surface area contributed by atoms with Crippen LogP contribution in [0.4, 0.5) is 19.0 Å². The number of fused-ring (bicyclic) bond motifs is 1. The van der Waals surface area contributed by atoms with E-state index in [2.05, 4.69) is 10.1 Å². The Morgan fingerprint density at radius 2 is 1.79 bits per heavy atom. The standard InChI is InChI=1S/C26H28F3N7O2/c1-26(2,38)24(37)21-10-20-22(12-30-21)33-25(23(32-20)17-11-31-36(14-17)15-27)35-7-5-34(6-8-35)13-16-9-18(28)3-4-19(16)29/h3-4,9-12,14,24,37-38H,5-8,13,15H2,1-2H3/t24-/m1/s1. The number of aliphatic hydroxyl groups is 2. The van der Waals surface area contributed by atoms with Gasteiger partial charge in [-0.25, -0.2) is 27.8 Å². The molecular weight excluding hydrogens is 499 g/mol. The first-order valence-electron chi connectivity index (χ1n) is 12.2. The number of anilines is 1. The number of aliphatic hydroxyl groups excluding tert-OH is 1. The normalized spacial score (nSPS) is 15.8. The zero-order chi connectivity index (χ0) is 27.0. The number of pyridine rings is 1. The maximum Gasteiger partial charge on any atom is 0.181 e. The first-order valence-corrected chi connectivity index (χ1v) is 12.2. The van der Waals surface area contributed by atoms with Gasteiger partial charge in [0, 0.05) is 50.0 Å². The van der Waals surface area contributed by atoms with Crippen LogP contribution in [0.15, 0.2) is 42.9 Å². The maximum absolute atomic E-state index is 14.1. The number of halogens is 3. The maximum atomic E-state index is 14.1. The largest absolute Gasteiger partial charge is 0.387 e. The lowest BCUT2D eigenvalue weighted by molar-refractivity contribution is -0.0516. The van der Waals surface area contributed by atoms with Crippen LogP contribution in [-0.2, 0) is 13.3 Å². The number of aromatic nitrogens is 5. The molecule has 200 valence electrons. The Morgan fingerprint density at radius 1 is 1.03 bits per heavy atom. The molecule has 0 radical (unpaired) electrons. The molecule has 1 aromatic carbocycles. The van der Waals surface area contributed by atoms with Gasteiger partial charge in [-0.1, -0.05) is 0 Å². The minimum Gasteiger partial charge on any atom is -0.387 e. The number of piperazine rings is 1. The van der Waals surface area contributed by atoms with Crippen molar-refractivity contribution in [2.75, 3.05) is 31.1 Å². The molecule has 0 aliphatic carbocycles. The Bertz CT molecular complexity index is 1450. The molecular formula is C26H28F3N7O2. The second kappa shape index (κ2) is 10.3. The lowest BCUT2D eigenvalue weighted by Crippen LogP contribution is -2.46. The molecule has 2 N–H and O–H groups in total. The van der Waals surface area contributed by atoms with Gasteiger partial charge >= 0.3 is 0 Å². The van der Waals surface area contributed by atoms with Crippen molar-refractivity contribution in [1.29, 1.82) is 0 Å². The van der Waals surface area contributed by atoms with Gasteiger partial charge < -0.3 is 15.1 Å². The molecule has 0 amide bonds. The molecule has 0 bridgehead atoms. The highest BCUT2D eigenvalue weighted by Crippen LogP contribution is 2.32. The van der Waals surface area contributed by atoms with Gasteiger partial charge in [-0.05, 0) is 38.1 Å². The molecule has 12 heteroatoms. The van der Waals surface area contributed by atoms with Crippen molar-refractivity contribution in [2.24, 2.45) is 0 Å². The Labute approximate surface area is 217 Å². The lowest BCUT2D eigenvalue weighted by Gasteiger charge is -2.36. The van der Waals surface area contributed by atoms with Gasteiger partial charge in [0.05, 0.1) is 29.2 Å². The fourth-order valence-electron chi connectivity index (χ4n) is 4.47. The van der Waals surface area contributed by atoms with Crippen LogP contribution in [0.5, 0.6) is 0 Å². The third-order valence-electron chi connectivity index (χ3n) is 6.61. The predicted molar refractivity (Wildman–Crippen MR) is 135 cm³/mol. The molecule has 0 saturated carbocycles. The van der Waals surface area contributed by atoms with Crippen molar-refractivity contribution < 1.29 is 23.4 Å². The van der Waals surface area contributed by atoms with Gasteiger partial charge in [-0.3, -0.25) is 9.88 Å². The van der Waals surface area contributed by atoms with E-state index >= 15 is 0 Å². The van der Waals surface area contributed by atoms with Crippen molar-refractivity contribution >= 4 is 16.9 Å². The molecule has 9 nitrogen and oxygen atoms in total. The van der Waals surface area contributed by atoms with E-state index in [1.54, 1.807) is 6.07 Å². The first kappa shape index (κ1) is 26.0. The van der Waals surface area contributed by atoms with E-state index in [4.69, 9.17) is 9.97 Å². The van der Waals surface area contributed by atoms with Crippen LogP contribution >= 0.6 is 0 Å². The van der Waals surface area contributed by atoms with Crippen LogP contribution in [0.1, 0.15) is 31.2 Å². The third kappa shape index (κ3) is 5.33. The van der Waals surface area contributed by atoms with E-state index in [9.17, 15) is 23.4 Å². The Balaban J connectivity index is 1.45. The van der Waals surface area contributed by atoms with Gasteiger partial charge in [0.1, 0.15) is 28.9 Å². The first-order chi connectivity index (χ1) is 18.1. The second-order valence-electron chi connectivity index (χ2n) is 9.94. The summed E-state index contributed by atoms with van der Waals surface area (Å²) in [5.74, 6) is -0.357. The molecule has 1 aliphatic rings. The minimum atomic E-state index is -1.41. The highest BCUT2D eigenvalue weighted by Gasteiger charge is 2.29. The number of hydrogen-bond acceptors (Lipinski definition) is 8. The summed E-state index contributed by atoms with van der Waals surface area (Å²) in [6.45, 7) is 4.70. The summed E-state index contributed by atoms with van der Waals surface area (Å²) >= 11 is 0. The fraction of sp³-hybridized carbons (Fsp3) is 0.385. The monoisotopic (exact) mass is 527 g/mol. The highest BCUT2D eigenvalue weighted by atomic mass is 19.1. The smallest absolute Gasteiger partial charge is 0.181 e. The quantitative estimate of drug-likeness (QED) is 0.378. The van der Waals surface area contributed by atoms with Crippen LogP contribution in [-0.4, -0.2) is 71.6 Å². The summed E-state index contributed by atoms with van der Waals surface area (Å²) in [7, 11) is 0. The zero-order valence-corrected chi connectivity index (χ0v) is 21.0. The molecule has 3 aromatic heterocycles. The van der Waals surface area contributed by atoms with Crippen molar-refractivity contribution in [3.63, 3.8) is 0 Å². The molecule has 1 saturated heterocycles. The van der Waals surface area contributed by atoms with Gasteiger partial charge in [0.2, 0.25) is 0 Å².